The van der Waals surface area contributed by atoms with Gasteiger partial charge in [-0.15, -0.1) is 0 Å². The average molecular weight is 412 g/mol. The van der Waals surface area contributed by atoms with Crippen molar-refractivity contribution in [3.05, 3.63) is 66.1 Å². The van der Waals surface area contributed by atoms with Gasteiger partial charge in [0.15, 0.2) is 0 Å². The highest BCUT2D eigenvalue weighted by molar-refractivity contribution is 5.94. The fraction of sp³-hybridized carbons (Fsp3) is 0.308. The Morgan fingerprint density at radius 1 is 0.871 bits per heavy atom. The lowest BCUT2D eigenvalue weighted by Crippen LogP contribution is -2.43. The standard InChI is InChI=1S/C26H29N5/c1-17(2)25-22-15-19(20-6-9-29-24(16-20)31-12-10-27-11-13-31)4-5-23(22)30-26(25)21-7-8-28-18(3)14-21/h4-9,14-17,27,30H,10-13H2,1-3H3. The van der Waals surface area contributed by atoms with Gasteiger partial charge in [-0.05, 0) is 65.9 Å². The summed E-state index contributed by atoms with van der Waals surface area (Å²) >= 11 is 0. The van der Waals surface area contributed by atoms with Crippen LogP contribution in [0.1, 0.15) is 31.0 Å². The van der Waals surface area contributed by atoms with Crippen LogP contribution in [0.15, 0.2) is 54.9 Å². The fourth-order valence-corrected chi connectivity index (χ4v) is 4.59. The number of benzene rings is 1. The third-order valence-electron chi connectivity index (χ3n) is 6.12. The quantitative estimate of drug-likeness (QED) is 0.489. The molecule has 0 radical (unpaired) electrons. The first-order valence-electron chi connectivity index (χ1n) is 11.1. The second-order valence-electron chi connectivity index (χ2n) is 8.65. The number of pyridine rings is 2. The van der Waals surface area contributed by atoms with E-state index in [-0.39, 0.29) is 0 Å². The Kier molecular flexibility index (Phi) is 5.20. The lowest BCUT2D eigenvalue weighted by Gasteiger charge is -2.28. The first-order chi connectivity index (χ1) is 15.1. The van der Waals surface area contributed by atoms with Crippen LogP contribution in [-0.2, 0) is 0 Å². The van der Waals surface area contributed by atoms with Gasteiger partial charge in [-0.3, -0.25) is 4.98 Å². The van der Waals surface area contributed by atoms with E-state index in [0.717, 1.165) is 37.7 Å². The van der Waals surface area contributed by atoms with Crippen molar-refractivity contribution in [1.29, 1.82) is 0 Å². The van der Waals surface area contributed by atoms with E-state index in [1.807, 2.05) is 19.3 Å². The van der Waals surface area contributed by atoms with E-state index in [2.05, 4.69) is 81.5 Å². The van der Waals surface area contributed by atoms with Gasteiger partial charge in [0.2, 0.25) is 0 Å². The van der Waals surface area contributed by atoms with E-state index in [1.54, 1.807) is 0 Å². The number of aromatic amines is 1. The monoisotopic (exact) mass is 411 g/mol. The highest BCUT2D eigenvalue weighted by atomic mass is 15.2. The van der Waals surface area contributed by atoms with Gasteiger partial charge in [0, 0.05) is 60.7 Å². The number of nitrogens with zero attached hydrogens (tertiary/aromatic N) is 3. The summed E-state index contributed by atoms with van der Waals surface area (Å²) < 4.78 is 0. The van der Waals surface area contributed by atoms with Crippen LogP contribution < -0.4 is 10.2 Å². The van der Waals surface area contributed by atoms with Gasteiger partial charge in [0.05, 0.1) is 5.69 Å². The summed E-state index contributed by atoms with van der Waals surface area (Å²) in [7, 11) is 0. The van der Waals surface area contributed by atoms with E-state index >= 15 is 0 Å². The Balaban J connectivity index is 1.60. The van der Waals surface area contributed by atoms with Crippen LogP contribution in [0.25, 0.3) is 33.3 Å². The molecule has 0 unspecified atom stereocenters. The third-order valence-corrected chi connectivity index (χ3v) is 6.12. The van der Waals surface area contributed by atoms with Crippen molar-refractivity contribution < 1.29 is 0 Å². The molecule has 1 saturated heterocycles. The Bertz CT molecular complexity index is 1220. The van der Waals surface area contributed by atoms with Gasteiger partial charge in [-0.1, -0.05) is 19.9 Å². The minimum absolute atomic E-state index is 0.404. The Labute approximate surface area is 183 Å². The summed E-state index contributed by atoms with van der Waals surface area (Å²) in [4.78, 5) is 15.0. The molecule has 5 rings (SSSR count). The van der Waals surface area contributed by atoms with E-state index in [0.29, 0.717) is 5.92 Å². The van der Waals surface area contributed by atoms with Crippen LogP contribution in [0, 0.1) is 6.92 Å². The lowest BCUT2D eigenvalue weighted by atomic mass is 9.94. The lowest BCUT2D eigenvalue weighted by molar-refractivity contribution is 0.585. The molecule has 0 aliphatic carbocycles. The molecule has 3 aromatic heterocycles. The predicted molar refractivity (Wildman–Crippen MR) is 129 cm³/mol. The van der Waals surface area contributed by atoms with Crippen LogP contribution in [-0.4, -0.2) is 41.1 Å². The van der Waals surface area contributed by atoms with Crippen LogP contribution >= 0.6 is 0 Å². The summed E-state index contributed by atoms with van der Waals surface area (Å²) in [6, 6.07) is 15.3. The molecule has 5 heteroatoms. The Hall–Kier alpha value is -3.18. The number of fused-ring (bicyclic) bond motifs is 1. The molecule has 0 atom stereocenters. The minimum atomic E-state index is 0.404. The maximum Gasteiger partial charge on any atom is 0.129 e. The van der Waals surface area contributed by atoms with Crippen LogP contribution in [0.3, 0.4) is 0 Å². The summed E-state index contributed by atoms with van der Waals surface area (Å²) in [5.41, 5.74) is 8.39. The second-order valence-corrected chi connectivity index (χ2v) is 8.65. The number of rotatable bonds is 4. The molecule has 1 aromatic carbocycles. The third kappa shape index (κ3) is 3.81. The molecule has 4 heterocycles. The van der Waals surface area contributed by atoms with Crippen LogP contribution in [0.2, 0.25) is 0 Å². The summed E-state index contributed by atoms with van der Waals surface area (Å²) in [6.45, 7) is 10.6. The number of anilines is 1. The van der Waals surface area contributed by atoms with Gasteiger partial charge >= 0.3 is 0 Å². The van der Waals surface area contributed by atoms with Gasteiger partial charge in [-0.25, -0.2) is 4.98 Å². The van der Waals surface area contributed by atoms with Crippen molar-refractivity contribution in [2.45, 2.75) is 26.7 Å². The largest absolute Gasteiger partial charge is 0.354 e. The Morgan fingerprint density at radius 3 is 2.39 bits per heavy atom. The van der Waals surface area contributed by atoms with E-state index in [9.17, 15) is 0 Å². The molecule has 4 aromatic rings. The molecule has 1 aliphatic heterocycles. The highest BCUT2D eigenvalue weighted by Crippen LogP contribution is 2.37. The molecule has 0 spiro atoms. The minimum Gasteiger partial charge on any atom is -0.354 e. The van der Waals surface area contributed by atoms with E-state index in [1.165, 1.54) is 38.9 Å². The van der Waals surface area contributed by atoms with E-state index in [4.69, 9.17) is 0 Å². The number of aromatic nitrogens is 3. The zero-order valence-electron chi connectivity index (χ0n) is 18.4. The van der Waals surface area contributed by atoms with Crippen molar-refractivity contribution in [3.8, 4) is 22.4 Å². The van der Waals surface area contributed by atoms with Gasteiger partial charge in [0.25, 0.3) is 0 Å². The first kappa shape index (κ1) is 19.8. The fourth-order valence-electron chi connectivity index (χ4n) is 4.59. The second kappa shape index (κ2) is 8.16. The van der Waals surface area contributed by atoms with Crippen molar-refractivity contribution >= 4 is 16.7 Å². The van der Waals surface area contributed by atoms with Crippen LogP contribution in [0.5, 0.6) is 0 Å². The maximum atomic E-state index is 4.63. The molecule has 1 fully saturated rings. The molecular formula is C26H29N5. The Morgan fingerprint density at radius 2 is 1.61 bits per heavy atom. The topological polar surface area (TPSA) is 56.8 Å². The molecule has 0 saturated carbocycles. The van der Waals surface area contributed by atoms with Crippen molar-refractivity contribution in [2.24, 2.45) is 0 Å². The summed E-state index contributed by atoms with van der Waals surface area (Å²) in [5.74, 6) is 1.46. The summed E-state index contributed by atoms with van der Waals surface area (Å²) in [6.07, 6.45) is 3.82. The van der Waals surface area contributed by atoms with Crippen molar-refractivity contribution in [1.82, 2.24) is 20.3 Å². The maximum absolute atomic E-state index is 4.63. The van der Waals surface area contributed by atoms with Crippen molar-refractivity contribution in [3.63, 3.8) is 0 Å². The molecule has 0 bridgehead atoms. The molecule has 0 amide bonds. The number of H-pyrrole nitrogens is 1. The molecule has 1 aliphatic rings. The van der Waals surface area contributed by atoms with Gasteiger partial charge < -0.3 is 15.2 Å². The summed E-state index contributed by atoms with van der Waals surface area (Å²) in [5, 5.41) is 4.70. The van der Waals surface area contributed by atoms with Gasteiger partial charge in [-0.2, -0.15) is 0 Å². The zero-order chi connectivity index (χ0) is 21.4. The average Bonchev–Trinajstić information content (AvgIpc) is 3.19. The molecule has 5 nitrogen and oxygen atoms in total. The smallest absolute Gasteiger partial charge is 0.129 e. The van der Waals surface area contributed by atoms with Crippen LogP contribution in [0.4, 0.5) is 5.82 Å². The SMILES string of the molecule is Cc1cc(-c2[nH]c3ccc(-c4ccnc(N5CCNCC5)c4)cc3c2C(C)C)ccn1. The van der Waals surface area contributed by atoms with Crippen molar-refractivity contribution in [2.75, 3.05) is 31.1 Å². The zero-order valence-corrected chi connectivity index (χ0v) is 18.4. The normalized spacial score (nSPS) is 14.5. The molecular weight excluding hydrogens is 382 g/mol. The van der Waals surface area contributed by atoms with Gasteiger partial charge in [0.1, 0.15) is 5.82 Å². The number of nitrogens with one attached hydrogen (secondary N) is 2. The number of piperazine rings is 1. The number of hydrogen-bond donors (Lipinski definition) is 2. The predicted octanol–water partition coefficient (Wildman–Crippen LogP) is 5.13. The molecule has 158 valence electrons. The molecule has 31 heavy (non-hydrogen) atoms. The van der Waals surface area contributed by atoms with E-state index < -0.39 is 0 Å². The molecule has 2 N–H and O–H groups in total. The number of hydrogen-bond acceptors (Lipinski definition) is 4. The highest BCUT2D eigenvalue weighted by Gasteiger charge is 2.18. The number of aryl methyl sites for hydroxylation is 1. The first-order valence-corrected chi connectivity index (χ1v) is 11.1.